The van der Waals surface area contributed by atoms with E-state index in [1.54, 1.807) is 11.3 Å². The molecule has 0 saturated carbocycles. The number of hydrogen-bond acceptors (Lipinski definition) is 5. The van der Waals surface area contributed by atoms with Crippen molar-refractivity contribution in [1.82, 2.24) is 5.32 Å². The molecule has 0 aliphatic heterocycles. The number of hydrogen-bond donors (Lipinski definition) is 2. The summed E-state index contributed by atoms with van der Waals surface area (Å²) in [4.78, 5) is 36.1. The number of primary amides is 1. The van der Waals surface area contributed by atoms with Gasteiger partial charge in [0.2, 0.25) is 5.91 Å². The summed E-state index contributed by atoms with van der Waals surface area (Å²) in [5.41, 5.74) is 5.69. The minimum atomic E-state index is -0.636. The molecule has 0 aliphatic carbocycles. The Morgan fingerprint density at radius 2 is 1.76 bits per heavy atom. The van der Waals surface area contributed by atoms with Gasteiger partial charge in [0, 0.05) is 10.4 Å². The van der Waals surface area contributed by atoms with E-state index >= 15 is 0 Å². The molecule has 25 heavy (non-hydrogen) atoms. The quantitative estimate of drug-likeness (QED) is 0.741. The van der Waals surface area contributed by atoms with Crippen molar-refractivity contribution in [2.24, 2.45) is 11.7 Å². The summed E-state index contributed by atoms with van der Waals surface area (Å²) in [5, 5.41) is 4.83. The van der Waals surface area contributed by atoms with Crippen molar-refractivity contribution in [3.8, 4) is 0 Å². The molecular formula is C18H20N2O4S. The first-order valence-corrected chi connectivity index (χ1v) is 8.66. The summed E-state index contributed by atoms with van der Waals surface area (Å²) in [5.74, 6) is -1.37. The zero-order valence-corrected chi connectivity index (χ0v) is 14.8. The average molecular weight is 360 g/mol. The van der Waals surface area contributed by atoms with Crippen LogP contribution in [-0.2, 0) is 9.53 Å². The Labute approximate surface area is 150 Å². The number of esters is 1. The number of amides is 2. The Kier molecular flexibility index (Phi) is 6.30. The molecule has 0 radical (unpaired) electrons. The van der Waals surface area contributed by atoms with Gasteiger partial charge in [0.1, 0.15) is 0 Å². The first-order chi connectivity index (χ1) is 11.9. The Morgan fingerprint density at radius 3 is 2.28 bits per heavy atom. The van der Waals surface area contributed by atoms with Crippen LogP contribution in [0, 0.1) is 5.92 Å². The molecule has 132 valence electrons. The Hall–Kier alpha value is -2.67. The molecule has 1 unspecified atom stereocenters. The highest BCUT2D eigenvalue weighted by molar-refractivity contribution is 7.10. The third kappa shape index (κ3) is 5.15. The third-order valence-corrected chi connectivity index (χ3v) is 4.53. The van der Waals surface area contributed by atoms with Crippen LogP contribution in [0.15, 0.2) is 41.8 Å². The van der Waals surface area contributed by atoms with Crippen molar-refractivity contribution in [2.75, 3.05) is 6.61 Å². The first kappa shape index (κ1) is 18.7. The van der Waals surface area contributed by atoms with E-state index in [1.165, 1.54) is 24.3 Å². The second-order valence-electron chi connectivity index (χ2n) is 5.82. The third-order valence-electron chi connectivity index (χ3n) is 3.57. The number of nitrogens with one attached hydrogen (secondary N) is 1. The van der Waals surface area contributed by atoms with Gasteiger partial charge in [-0.3, -0.25) is 9.59 Å². The van der Waals surface area contributed by atoms with Crippen molar-refractivity contribution < 1.29 is 19.1 Å². The number of carbonyl (C=O) groups is 3. The molecule has 1 aromatic carbocycles. The van der Waals surface area contributed by atoms with Crippen LogP contribution in [0.2, 0.25) is 0 Å². The van der Waals surface area contributed by atoms with E-state index in [2.05, 4.69) is 5.32 Å². The fraction of sp³-hybridized carbons (Fsp3) is 0.278. The first-order valence-electron chi connectivity index (χ1n) is 7.78. The molecule has 3 N–H and O–H groups in total. The highest BCUT2D eigenvalue weighted by atomic mass is 32.1. The van der Waals surface area contributed by atoms with Crippen LogP contribution >= 0.6 is 11.3 Å². The number of carbonyl (C=O) groups excluding carboxylic acids is 3. The zero-order chi connectivity index (χ0) is 18.4. The van der Waals surface area contributed by atoms with Crippen molar-refractivity contribution in [2.45, 2.75) is 19.9 Å². The van der Waals surface area contributed by atoms with E-state index < -0.39 is 11.9 Å². The fourth-order valence-electron chi connectivity index (χ4n) is 2.23. The van der Waals surface area contributed by atoms with Crippen molar-refractivity contribution >= 4 is 29.1 Å². The Morgan fingerprint density at radius 1 is 1.12 bits per heavy atom. The molecule has 2 aromatic rings. The number of thiophene rings is 1. The Balaban J connectivity index is 1.90. The Bertz CT molecular complexity index is 739. The number of nitrogens with two attached hydrogens (primary N) is 1. The van der Waals surface area contributed by atoms with Crippen LogP contribution in [0.4, 0.5) is 0 Å². The standard InChI is InChI=1S/C18H20N2O4S/c1-11(2)16(14-4-3-9-25-14)20-15(21)10-24-18(23)13-7-5-12(6-8-13)17(19)22/h3-9,11,16H,10H2,1-2H3,(H2,19,22)(H,20,21). The number of rotatable bonds is 7. The van der Waals surface area contributed by atoms with E-state index in [-0.39, 0.29) is 30.0 Å². The van der Waals surface area contributed by atoms with Crippen LogP contribution in [0.1, 0.15) is 45.5 Å². The lowest BCUT2D eigenvalue weighted by Crippen LogP contribution is -2.34. The topological polar surface area (TPSA) is 98.5 Å². The molecule has 0 aliphatic rings. The summed E-state index contributed by atoms with van der Waals surface area (Å²) in [6, 6.07) is 9.50. The van der Waals surface area contributed by atoms with Gasteiger partial charge in [0.15, 0.2) is 6.61 Å². The molecule has 0 fully saturated rings. The average Bonchev–Trinajstić information content (AvgIpc) is 3.11. The van der Waals surface area contributed by atoms with Gasteiger partial charge in [-0.05, 0) is 41.6 Å². The summed E-state index contributed by atoms with van der Waals surface area (Å²) < 4.78 is 5.02. The highest BCUT2D eigenvalue weighted by Crippen LogP contribution is 2.25. The molecule has 2 rings (SSSR count). The molecule has 1 heterocycles. The van der Waals surface area contributed by atoms with Crippen LogP contribution in [0.25, 0.3) is 0 Å². The van der Waals surface area contributed by atoms with E-state index in [4.69, 9.17) is 10.5 Å². The second kappa shape index (κ2) is 8.43. The summed E-state index contributed by atoms with van der Waals surface area (Å²) in [6.07, 6.45) is 0. The van der Waals surface area contributed by atoms with Crippen molar-refractivity contribution in [3.63, 3.8) is 0 Å². The SMILES string of the molecule is CC(C)C(NC(=O)COC(=O)c1ccc(C(N)=O)cc1)c1cccs1. The van der Waals surface area contributed by atoms with Crippen LogP contribution in [0.5, 0.6) is 0 Å². The summed E-state index contributed by atoms with van der Waals surface area (Å²) >= 11 is 1.57. The van der Waals surface area contributed by atoms with Gasteiger partial charge in [0.25, 0.3) is 5.91 Å². The predicted octanol–water partition coefficient (Wildman–Crippen LogP) is 2.52. The van der Waals surface area contributed by atoms with Crippen LogP contribution in [0.3, 0.4) is 0 Å². The smallest absolute Gasteiger partial charge is 0.338 e. The van der Waals surface area contributed by atoms with Crippen molar-refractivity contribution in [3.05, 3.63) is 57.8 Å². The van der Waals surface area contributed by atoms with Crippen molar-refractivity contribution in [1.29, 1.82) is 0 Å². The molecule has 6 nitrogen and oxygen atoms in total. The van der Waals surface area contributed by atoms with E-state index in [0.29, 0.717) is 5.56 Å². The number of ether oxygens (including phenoxy) is 1. The molecular weight excluding hydrogens is 340 g/mol. The normalized spacial score (nSPS) is 11.8. The molecule has 1 atom stereocenters. The van der Waals surface area contributed by atoms with Crippen LogP contribution < -0.4 is 11.1 Å². The monoisotopic (exact) mass is 360 g/mol. The van der Waals surface area contributed by atoms with Gasteiger partial charge in [-0.25, -0.2) is 4.79 Å². The van der Waals surface area contributed by atoms with Gasteiger partial charge < -0.3 is 15.8 Å². The summed E-state index contributed by atoms with van der Waals surface area (Å²) in [6.45, 7) is 3.65. The zero-order valence-electron chi connectivity index (χ0n) is 14.0. The van der Waals surface area contributed by atoms with Gasteiger partial charge in [-0.1, -0.05) is 19.9 Å². The molecule has 0 saturated heterocycles. The minimum absolute atomic E-state index is 0.124. The number of benzene rings is 1. The largest absolute Gasteiger partial charge is 0.452 e. The molecule has 1 aromatic heterocycles. The second-order valence-corrected chi connectivity index (χ2v) is 6.80. The lowest BCUT2D eigenvalue weighted by Gasteiger charge is -2.21. The molecule has 0 spiro atoms. The fourth-order valence-corrected chi connectivity index (χ4v) is 3.18. The molecule has 7 heteroatoms. The predicted molar refractivity (Wildman–Crippen MR) is 95.3 cm³/mol. The lowest BCUT2D eigenvalue weighted by atomic mass is 10.0. The molecule has 2 amide bonds. The van der Waals surface area contributed by atoms with Gasteiger partial charge in [-0.2, -0.15) is 0 Å². The minimum Gasteiger partial charge on any atom is -0.452 e. The van der Waals surface area contributed by atoms with Gasteiger partial charge >= 0.3 is 5.97 Å². The van der Waals surface area contributed by atoms with Gasteiger partial charge in [-0.15, -0.1) is 11.3 Å². The van der Waals surface area contributed by atoms with Gasteiger partial charge in [0.05, 0.1) is 11.6 Å². The molecule has 0 bridgehead atoms. The summed E-state index contributed by atoms with van der Waals surface area (Å²) in [7, 11) is 0. The van der Waals surface area contributed by atoms with Crippen LogP contribution in [-0.4, -0.2) is 24.4 Å². The van der Waals surface area contributed by atoms with E-state index in [0.717, 1.165) is 4.88 Å². The maximum Gasteiger partial charge on any atom is 0.338 e. The highest BCUT2D eigenvalue weighted by Gasteiger charge is 2.20. The lowest BCUT2D eigenvalue weighted by molar-refractivity contribution is -0.125. The maximum absolute atomic E-state index is 12.1. The van der Waals surface area contributed by atoms with E-state index in [9.17, 15) is 14.4 Å². The van der Waals surface area contributed by atoms with E-state index in [1.807, 2.05) is 31.4 Å². The maximum atomic E-state index is 12.1.